The van der Waals surface area contributed by atoms with Crippen molar-refractivity contribution in [3.8, 4) is 0 Å². The van der Waals surface area contributed by atoms with Crippen LogP contribution in [0.15, 0.2) is 90.0 Å². The smallest absolute Gasteiger partial charge is 0.240 e. The van der Waals surface area contributed by atoms with Gasteiger partial charge < -0.3 is 0 Å². The molecule has 3 aromatic carbocycles. The molecule has 3 aromatic rings. The maximum absolute atomic E-state index is 13.7. The largest absolute Gasteiger partial charge is 0.292 e. The summed E-state index contributed by atoms with van der Waals surface area (Å²) in [5, 5.41) is 6.26. The van der Waals surface area contributed by atoms with Crippen LogP contribution in [0.25, 0.3) is 0 Å². The maximum Gasteiger partial charge on any atom is 0.240 e. The average molecular weight is 421 g/mol. The van der Waals surface area contributed by atoms with Crippen molar-refractivity contribution < 1.29 is 14.4 Å². The van der Waals surface area contributed by atoms with Gasteiger partial charge >= 0.3 is 0 Å². The standard InChI is InChI=1S/C26H19N3O3/c30-24(16-9-3-1-4-10-16)23-21-20(22-19-14-8-7-11-17(19)15-27-29(22)23)25(31)28(26(21)32)18-12-5-2-6-13-18/h1-15,20-23H/t20-,21+,22+,23+/m0/s1. The Bertz CT molecular complexity index is 1270. The van der Waals surface area contributed by atoms with Gasteiger partial charge in [0, 0.05) is 5.56 Å². The molecule has 0 saturated carbocycles. The van der Waals surface area contributed by atoms with Crippen molar-refractivity contribution in [2.24, 2.45) is 16.9 Å². The summed E-state index contributed by atoms with van der Waals surface area (Å²) in [6.45, 7) is 0. The van der Waals surface area contributed by atoms with E-state index in [2.05, 4.69) is 5.10 Å². The van der Waals surface area contributed by atoms with Crippen LogP contribution in [0.5, 0.6) is 0 Å². The Morgan fingerprint density at radius 3 is 2.12 bits per heavy atom. The Labute approximate surface area is 184 Å². The molecule has 3 aliphatic rings. The topological polar surface area (TPSA) is 70.0 Å². The second kappa shape index (κ2) is 6.99. The summed E-state index contributed by atoms with van der Waals surface area (Å²) in [4.78, 5) is 42.3. The lowest BCUT2D eigenvalue weighted by atomic mass is 9.83. The first-order valence-electron chi connectivity index (χ1n) is 10.6. The van der Waals surface area contributed by atoms with Gasteiger partial charge in [-0.3, -0.25) is 19.4 Å². The van der Waals surface area contributed by atoms with Gasteiger partial charge in [-0.2, -0.15) is 5.10 Å². The molecule has 4 atom stereocenters. The third-order valence-electron chi connectivity index (χ3n) is 6.63. The third-order valence-corrected chi connectivity index (χ3v) is 6.63. The number of anilines is 1. The minimum Gasteiger partial charge on any atom is -0.292 e. The zero-order valence-corrected chi connectivity index (χ0v) is 17.0. The lowest BCUT2D eigenvalue weighted by Gasteiger charge is -2.33. The predicted molar refractivity (Wildman–Crippen MR) is 119 cm³/mol. The zero-order chi connectivity index (χ0) is 21.8. The number of para-hydroxylation sites is 1. The Morgan fingerprint density at radius 1 is 0.750 bits per heavy atom. The minimum atomic E-state index is -0.845. The Kier molecular flexibility index (Phi) is 4.08. The number of hydrogen-bond donors (Lipinski definition) is 0. The summed E-state index contributed by atoms with van der Waals surface area (Å²) in [5.74, 6) is -2.31. The van der Waals surface area contributed by atoms with Crippen LogP contribution in [0, 0.1) is 11.8 Å². The third kappa shape index (κ3) is 2.52. The van der Waals surface area contributed by atoms with Crippen LogP contribution >= 0.6 is 0 Å². The fraction of sp³-hybridized carbons (Fsp3) is 0.154. The number of fused-ring (bicyclic) bond motifs is 5. The number of hydrogen-bond acceptors (Lipinski definition) is 5. The molecule has 0 aliphatic carbocycles. The van der Waals surface area contributed by atoms with Crippen molar-refractivity contribution in [2.75, 3.05) is 4.90 Å². The van der Waals surface area contributed by atoms with Crippen LogP contribution in [-0.4, -0.2) is 34.9 Å². The molecule has 6 heteroatoms. The molecule has 6 rings (SSSR count). The normalized spacial score (nSPS) is 25.5. The van der Waals surface area contributed by atoms with Crippen LogP contribution in [0.1, 0.15) is 27.5 Å². The second-order valence-electron chi connectivity index (χ2n) is 8.27. The molecule has 0 spiro atoms. The lowest BCUT2D eigenvalue weighted by molar-refractivity contribution is -0.124. The van der Waals surface area contributed by atoms with Gasteiger partial charge in [-0.1, -0.05) is 72.8 Å². The van der Waals surface area contributed by atoms with E-state index in [1.807, 2.05) is 36.4 Å². The van der Waals surface area contributed by atoms with E-state index < -0.39 is 23.9 Å². The molecule has 0 aromatic heterocycles. The molecule has 0 unspecified atom stereocenters. The van der Waals surface area contributed by atoms with Crippen molar-refractivity contribution in [3.63, 3.8) is 0 Å². The van der Waals surface area contributed by atoms with Crippen LogP contribution in [0.4, 0.5) is 5.69 Å². The number of Topliss-reactive ketones (excluding diaryl/α,β-unsaturated/α-hetero) is 1. The van der Waals surface area contributed by atoms with E-state index in [1.165, 1.54) is 4.90 Å². The predicted octanol–water partition coefficient (Wildman–Crippen LogP) is 3.45. The summed E-state index contributed by atoms with van der Waals surface area (Å²) >= 11 is 0. The quantitative estimate of drug-likeness (QED) is 0.480. The summed E-state index contributed by atoms with van der Waals surface area (Å²) in [7, 11) is 0. The first-order valence-corrected chi connectivity index (χ1v) is 10.6. The van der Waals surface area contributed by atoms with Crippen molar-refractivity contribution >= 4 is 29.5 Å². The van der Waals surface area contributed by atoms with Gasteiger partial charge in [0.15, 0.2) is 5.78 Å². The van der Waals surface area contributed by atoms with E-state index in [1.54, 1.807) is 59.8 Å². The van der Waals surface area contributed by atoms with Gasteiger partial charge in [-0.05, 0) is 23.3 Å². The van der Waals surface area contributed by atoms with Gasteiger partial charge in [-0.15, -0.1) is 0 Å². The Hall–Kier alpha value is -4.06. The Balaban J connectivity index is 1.51. The minimum absolute atomic E-state index is 0.198. The summed E-state index contributed by atoms with van der Waals surface area (Å²) in [6.07, 6.45) is 1.71. The molecule has 3 heterocycles. The molecule has 156 valence electrons. The molecular formula is C26H19N3O3. The van der Waals surface area contributed by atoms with Gasteiger partial charge in [0.25, 0.3) is 0 Å². The number of nitrogens with zero attached hydrogens (tertiary/aromatic N) is 3. The monoisotopic (exact) mass is 421 g/mol. The number of carbonyl (C=O) groups is 3. The molecular weight excluding hydrogens is 402 g/mol. The number of hydrazone groups is 1. The number of amides is 2. The van der Waals surface area contributed by atoms with E-state index in [-0.39, 0.29) is 17.6 Å². The van der Waals surface area contributed by atoms with Crippen LogP contribution < -0.4 is 4.90 Å². The van der Waals surface area contributed by atoms with Crippen LogP contribution in [-0.2, 0) is 9.59 Å². The Morgan fingerprint density at radius 2 is 1.38 bits per heavy atom. The number of rotatable bonds is 3. The second-order valence-corrected chi connectivity index (χ2v) is 8.27. The van der Waals surface area contributed by atoms with E-state index in [0.717, 1.165) is 11.1 Å². The van der Waals surface area contributed by atoms with E-state index >= 15 is 0 Å². The highest BCUT2D eigenvalue weighted by atomic mass is 16.2. The van der Waals surface area contributed by atoms with Gasteiger partial charge in [-0.25, -0.2) is 4.90 Å². The highest BCUT2D eigenvalue weighted by molar-refractivity contribution is 6.24. The molecule has 2 fully saturated rings. The highest BCUT2D eigenvalue weighted by Gasteiger charge is 2.65. The van der Waals surface area contributed by atoms with E-state index in [0.29, 0.717) is 11.3 Å². The number of imide groups is 1. The number of carbonyl (C=O) groups excluding carboxylic acids is 3. The average Bonchev–Trinajstić information content (AvgIpc) is 3.32. The molecule has 2 amide bonds. The molecule has 0 radical (unpaired) electrons. The van der Waals surface area contributed by atoms with Crippen LogP contribution in [0.2, 0.25) is 0 Å². The highest BCUT2D eigenvalue weighted by Crippen LogP contribution is 2.53. The van der Waals surface area contributed by atoms with Crippen molar-refractivity contribution in [2.45, 2.75) is 12.1 Å². The van der Waals surface area contributed by atoms with Crippen molar-refractivity contribution in [1.29, 1.82) is 0 Å². The van der Waals surface area contributed by atoms with E-state index in [4.69, 9.17) is 0 Å². The maximum atomic E-state index is 13.7. The lowest BCUT2D eigenvalue weighted by Crippen LogP contribution is -2.44. The summed E-state index contributed by atoms with van der Waals surface area (Å²) in [6, 6.07) is 24.2. The zero-order valence-electron chi connectivity index (χ0n) is 17.0. The SMILES string of the molecule is O=C(c1ccccc1)[C@H]1[C@@H]2C(=O)N(c3ccccc3)C(=O)[C@@H]2[C@H]2c3ccccc3C=NN21. The molecule has 2 saturated heterocycles. The molecule has 32 heavy (non-hydrogen) atoms. The summed E-state index contributed by atoms with van der Waals surface area (Å²) < 4.78 is 0. The number of benzene rings is 3. The van der Waals surface area contributed by atoms with Crippen LogP contribution in [0.3, 0.4) is 0 Å². The van der Waals surface area contributed by atoms with Crippen molar-refractivity contribution in [3.05, 3.63) is 102 Å². The summed E-state index contributed by atoms with van der Waals surface area (Å²) in [5.41, 5.74) is 2.85. The number of ketones is 1. The molecule has 6 nitrogen and oxygen atoms in total. The molecule has 3 aliphatic heterocycles. The van der Waals surface area contributed by atoms with Gasteiger partial charge in [0.2, 0.25) is 11.8 Å². The van der Waals surface area contributed by atoms with E-state index in [9.17, 15) is 14.4 Å². The molecule has 0 bridgehead atoms. The molecule has 0 N–H and O–H groups in total. The first kappa shape index (κ1) is 18.7. The fourth-order valence-electron chi connectivity index (χ4n) is 5.27. The first-order chi connectivity index (χ1) is 15.7. The van der Waals surface area contributed by atoms with Crippen molar-refractivity contribution in [1.82, 2.24) is 5.01 Å². The van der Waals surface area contributed by atoms with Gasteiger partial charge in [0.1, 0.15) is 6.04 Å². The van der Waals surface area contributed by atoms with Gasteiger partial charge in [0.05, 0.1) is 29.8 Å². The fourth-order valence-corrected chi connectivity index (χ4v) is 5.27.